The molecule has 1 aliphatic rings. The van der Waals surface area contributed by atoms with E-state index in [-0.39, 0.29) is 23.0 Å². The zero-order valence-electron chi connectivity index (χ0n) is 9.38. The Morgan fingerprint density at radius 3 is 2.72 bits per heavy atom. The van der Waals surface area contributed by atoms with Gasteiger partial charge in [-0.2, -0.15) is 9.57 Å². The first-order valence-corrected chi connectivity index (χ1v) is 7.15. The topological polar surface area (TPSA) is 81.4 Å². The molecule has 0 spiro atoms. The van der Waals surface area contributed by atoms with Crippen molar-refractivity contribution in [3.8, 4) is 6.07 Å². The highest BCUT2D eigenvalue weighted by Crippen LogP contribution is 2.27. The lowest BCUT2D eigenvalue weighted by atomic mass is 10.2. The maximum absolute atomic E-state index is 12.2. The van der Waals surface area contributed by atoms with Crippen molar-refractivity contribution >= 4 is 21.6 Å². The average Bonchev–Trinajstić information content (AvgIpc) is 2.76. The largest absolute Gasteiger partial charge is 0.392 e. The van der Waals surface area contributed by atoms with E-state index in [0.29, 0.717) is 12.0 Å². The van der Waals surface area contributed by atoms with Gasteiger partial charge in [0.15, 0.2) is 0 Å². The normalized spacial score (nSPS) is 20.8. The van der Waals surface area contributed by atoms with Crippen molar-refractivity contribution in [2.45, 2.75) is 17.4 Å². The highest BCUT2D eigenvalue weighted by Gasteiger charge is 2.32. The summed E-state index contributed by atoms with van der Waals surface area (Å²) in [5.41, 5.74) is 0.306. The Morgan fingerprint density at radius 2 is 2.22 bits per heavy atom. The molecular weight excluding hydrogens is 276 g/mol. The van der Waals surface area contributed by atoms with Crippen LogP contribution >= 0.6 is 11.6 Å². The monoisotopic (exact) mass is 286 g/mol. The number of benzene rings is 1. The third-order valence-corrected chi connectivity index (χ3v) is 5.15. The van der Waals surface area contributed by atoms with E-state index >= 15 is 0 Å². The van der Waals surface area contributed by atoms with E-state index in [0.717, 1.165) is 0 Å². The van der Waals surface area contributed by atoms with Crippen molar-refractivity contribution in [2.24, 2.45) is 0 Å². The minimum Gasteiger partial charge on any atom is -0.392 e. The van der Waals surface area contributed by atoms with Crippen molar-refractivity contribution in [1.29, 1.82) is 5.26 Å². The molecule has 96 valence electrons. The highest BCUT2D eigenvalue weighted by atomic mass is 35.5. The number of hydrogen-bond acceptors (Lipinski definition) is 4. The maximum Gasteiger partial charge on any atom is 0.244 e. The molecule has 1 fully saturated rings. The quantitative estimate of drug-likeness (QED) is 0.878. The van der Waals surface area contributed by atoms with Crippen LogP contribution in [-0.2, 0) is 10.0 Å². The van der Waals surface area contributed by atoms with Crippen LogP contribution in [0.4, 0.5) is 0 Å². The van der Waals surface area contributed by atoms with Gasteiger partial charge < -0.3 is 5.11 Å². The lowest BCUT2D eigenvalue weighted by molar-refractivity contribution is 0.189. The third kappa shape index (κ3) is 2.35. The van der Waals surface area contributed by atoms with Crippen molar-refractivity contribution in [3.05, 3.63) is 28.8 Å². The van der Waals surface area contributed by atoms with Gasteiger partial charge in [0.2, 0.25) is 10.0 Å². The van der Waals surface area contributed by atoms with Gasteiger partial charge in [-0.1, -0.05) is 11.6 Å². The molecule has 1 aromatic carbocycles. The Morgan fingerprint density at radius 1 is 1.50 bits per heavy atom. The van der Waals surface area contributed by atoms with Crippen molar-refractivity contribution in [3.63, 3.8) is 0 Å². The van der Waals surface area contributed by atoms with E-state index in [1.165, 1.54) is 22.5 Å². The van der Waals surface area contributed by atoms with E-state index in [1.807, 2.05) is 6.07 Å². The van der Waals surface area contributed by atoms with Crippen LogP contribution in [0.5, 0.6) is 0 Å². The third-order valence-electron chi connectivity index (χ3n) is 2.80. The van der Waals surface area contributed by atoms with Crippen molar-refractivity contribution < 1.29 is 13.5 Å². The number of aliphatic hydroxyl groups excluding tert-OH is 1. The van der Waals surface area contributed by atoms with E-state index in [4.69, 9.17) is 16.9 Å². The second-order valence-corrected chi connectivity index (χ2v) is 6.38. The fraction of sp³-hybridized carbons (Fsp3) is 0.364. The molecule has 1 atom stereocenters. The second-order valence-electron chi connectivity index (χ2n) is 4.06. The van der Waals surface area contributed by atoms with Gasteiger partial charge >= 0.3 is 0 Å². The Balaban J connectivity index is 2.39. The molecule has 0 unspecified atom stereocenters. The SMILES string of the molecule is N#Cc1ccc(S(=O)(=O)N2CC[C@@H](O)C2)c(Cl)c1. The fourth-order valence-corrected chi connectivity index (χ4v) is 3.86. The average molecular weight is 287 g/mol. The van der Waals surface area contributed by atoms with Gasteiger partial charge in [-0.25, -0.2) is 8.42 Å². The van der Waals surface area contributed by atoms with Crippen molar-refractivity contribution in [1.82, 2.24) is 4.31 Å². The Kier molecular flexibility index (Phi) is 3.59. The fourth-order valence-electron chi connectivity index (χ4n) is 1.85. The van der Waals surface area contributed by atoms with Gasteiger partial charge in [0.25, 0.3) is 0 Å². The van der Waals surface area contributed by atoms with Crippen molar-refractivity contribution in [2.75, 3.05) is 13.1 Å². The molecule has 1 N–H and O–H groups in total. The van der Waals surface area contributed by atoms with E-state index in [9.17, 15) is 13.5 Å². The number of nitriles is 1. The molecule has 0 aromatic heterocycles. The minimum absolute atomic E-state index is 0.0236. The number of sulfonamides is 1. The molecule has 1 saturated heterocycles. The zero-order valence-corrected chi connectivity index (χ0v) is 10.9. The van der Waals surface area contributed by atoms with Gasteiger partial charge in [0, 0.05) is 13.1 Å². The molecule has 0 amide bonds. The van der Waals surface area contributed by atoms with Gasteiger partial charge in [-0.05, 0) is 24.6 Å². The molecule has 5 nitrogen and oxygen atoms in total. The summed E-state index contributed by atoms with van der Waals surface area (Å²) in [7, 11) is -3.70. The molecule has 0 saturated carbocycles. The second kappa shape index (κ2) is 4.86. The van der Waals surface area contributed by atoms with E-state index in [1.54, 1.807) is 0 Å². The summed E-state index contributed by atoms with van der Waals surface area (Å²) in [5, 5.41) is 18.1. The molecule has 7 heteroatoms. The molecule has 0 aliphatic carbocycles. The summed E-state index contributed by atoms with van der Waals surface area (Å²) >= 11 is 5.89. The molecule has 18 heavy (non-hydrogen) atoms. The standard InChI is InChI=1S/C11H11ClN2O3S/c12-10-5-8(6-13)1-2-11(10)18(16,17)14-4-3-9(15)7-14/h1-2,5,9,15H,3-4,7H2/t9-/m1/s1. The number of aliphatic hydroxyl groups is 1. The maximum atomic E-state index is 12.2. The Labute approximate surface area is 110 Å². The zero-order chi connectivity index (χ0) is 13.3. The summed E-state index contributed by atoms with van der Waals surface area (Å²) in [5.74, 6) is 0. The number of hydrogen-bond donors (Lipinski definition) is 1. The molecular formula is C11H11ClN2O3S. The van der Waals surface area contributed by atoms with Crippen LogP contribution in [0.3, 0.4) is 0 Å². The lowest BCUT2D eigenvalue weighted by Crippen LogP contribution is -2.29. The number of β-amino-alcohol motifs (C(OH)–C–C–N with tert-alkyl or cyclic N) is 1. The summed E-state index contributed by atoms with van der Waals surface area (Å²) in [4.78, 5) is -0.0303. The van der Waals surface area contributed by atoms with Crippen LogP contribution < -0.4 is 0 Å². The molecule has 1 aromatic rings. The molecule has 0 bridgehead atoms. The summed E-state index contributed by atoms with van der Waals surface area (Å²) < 4.78 is 25.7. The number of rotatable bonds is 2. The minimum atomic E-state index is -3.70. The highest BCUT2D eigenvalue weighted by molar-refractivity contribution is 7.89. The first kappa shape index (κ1) is 13.3. The summed E-state index contributed by atoms with van der Waals surface area (Å²) in [6.45, 7) is 0.360. The predicted molar refractivity (Wildman–Crippen MR) is 65.5 cm³/mol. The Hall–Kier alpha value is -1.13. The lowest BCUT2D eigenvalue weighted by Gasteiger charge is -2.16. The molecule has 1 heterocycles. The molecule has 2 rings (SSSR count). The first-order chi connectivity index (χ1) is 8.45. The molecule has 1 aliphatic heterocycles. The van der Waals surface area contributed by atoms with Crippen LogP contribution in [0.1, 0.15) is 12.0 Å². The van der Waals surface area contributed by atoms with Crippen LogP contribution in [0, 0.1) is 11.3 Å². The van der Waals surface area contributed by atoms with Crippen LogP contribution in [0.15, 0.2) is 23.1 Å². The van der Waals surface area contributed by atoms with Gasteiger partial charge in [-0.15, -0.1) is 0 Å². The first-order valence-electron chi connectivity index (χ1n) is 5.33. The number of halogens is 1. The summed E-state index contributed by atoms with van der Waals surface area (Å²) in [6, 6.07) is 5.94. The van der Waals surface area contributed by atoms with E-state index in [2.05, 4.69) is 0 Å². The van der Waals surface area contributed by atoms with Crippen LogP contribution in [0.2, 0.25) is 5.02 Å². The van der Waals surface area contributed by atoms with Gasteiger partial charge in [-0.3, -0.25) is 0 Å². The predicted octanol–water partition coefficient (Wildman–Crippen LogP) is 0.967. The smallest absolute Gasteiger partial charge is 0.244 e. The van der Waals surface area contributed by atoms with Gasteiger partial charge in [0.05, 0.1) is 22.8 Å². The molecule has 0 radical (unpaired) electrons. The Bertz CT molecular complexity index is 609. The van der Waals surface area contributed by atoms with E-state index < -0.39 is 16.1 Å². The van der Waals surface area contributed by atoms with Gasteiger partial charge in [0.1, 0.15) is 4.90 Å². The van der Waals surface area contributed by atoms with Crippen LogP contribution in [-0.4, -0.2) is 37.0 Å². The summed E-state index contributed by atoms with van der Waals surface area (Å²) in [6.07, 6.45) is -0.204. The number of nitrogens with zero attached hydrogens (tertiary/aromatic N) is 2. The van der Waals surface area contributed by atoms with Crippen LogP contribution in [0.25, 0.3) is 0 Å².